The summed E-state index contributed by atoms with van der Waals surface area (Å²) in [7, 11) is 0. The molecule has 0 amide bonds. The van der Waals surface area contributed by atoms with Crippen molar-refractivity contribution in [3.05, 3.63) is 104 Å². The molecule has 3 aromatic carbocycles. The Bertz CT molecular complexity index is 937. The largest absolute Gasteiger partial charge is 0.0840 e. The lowest BCUT2D eigenvalue weighted by Crippen LogP contribution is -1.96. The molecule has 140 valence electrons. The molecule has 1 heteroatoms. The highest BCUT2D eigenvalue weighted by atomic mass is 35.5. The molecular formula is C26H29Cl. The maximum absolute atomic E-state index is 6.62. The first kappa shape index (κ1) is 19.7. The highest BCUT2D eigenvalue weighted by molar-refractivity contribution is 6.31. The van der Waals surface area contributed by atoms with Crippen LogP contribution < -0.4 is 0 Å². The molecule has 0 unspecified atom stereocenters. The summed E-state index contributed by atoms with van der Waals surface area (Å²) >= 11 is 6.62. The Kier molecular flexibility index (Phi) is 6.39. The van der Waals surface area contributed by atoms with E-state index in [1.54, 1.807) is 0 Å². The average molecular weight is 377 g/mol. The van der Waals surface area contributed by atoms with Crippen molar-refractivity contribution < 1.29 is 0 Å². The minimum Gasteiger partial charge on any atom is -0.0840 e. The van der Waals surface area contributed by atoms with Crippen molar-refractivity contribution in [2.45, 2.75) is 53.4 Å². The van der Waals surface area contributed by atoms with Crippen LogP contribution in [0.15, 0.2) is 54.6 Å². The van der Waals surface area contributed by atoms with Crippen molar-refractivity contribution in [3.63, 3.8) is 0 Å². The Labute approximate surface area is 169 Å². The van der Waals surface area contributed by atoms with E-state index in [1.165, 1.54) is 44.5 Å². The highest BCUT2D eigenvalue weighted by Crippen LogP contribution is 2.24. The molecular weight excluding hydrogens is 348 g/mol. The van der Waals surface area contributed by atoms with Crippen LogP contribution >= 0.6 is 11.6 Å². The first-order chi connectivity index (χ1) is 13.0. The first-order valence-electron chi connectivity index (χ1n) is 9.94. The number of hydrogen-bond acceptors (Lipinski definition) is 0. The van der Waals surface area contributed by atoms with Gasteiger partial charge in [0, 0.05) is 5.02 Å². The van der Waals surface area contributed by atoms with Crippen LogP contribution in [0.1, 0.15) is 58.4 Å². The molecule has 27 heavy (non-hydrogen) atoms. The van der Waals surface area contributed by atoms with Gasteiger partial charge in [-0.25, -0.2) is 0 Å². The van der Waals surface area contributed by atoms with Gasteiger partial charge in [0.1, 0.15) is 0 Å². The van der Waals surface area contributed by atoms with E-state index < -0.39 is 0 Å². The zero-order valence-corrected chi connectivity index (χ0v) is 17.7. The highest BCUT2D eigenvalue weighted by Gasteiger charge is 2.07. The van der Waals surface area contributed by atoms with Crippen molar-refractivity contribution in [1.29, 1.82) is 0 Å². The molecule has 0 bridgehead atoms. The molecule has 3 aromatic rings. The summed E-state index contributed by atoms with van der Waals surface area (Å²) in [5, 5.41) is 0.867. The van der Waals surface area contributed by atoms with E-state index in [1.807, 2.05) is 0 Å². The monoisotopic (exact) mass is 376 g/mol. The quantitative estimate of drug-likeness (QED) is 0.424. The second-order valence-corrected chi connectivity index (χ2v) is 7.92. The van der Waals surface area contributed by atoms with Crippen LogP contribution in [-0.2, 0) is 25.7 Å². The molecule has 0 atom stereocenters. The summed E-state index contributed by atoms with van der Waals surface area (Å²) in [6, 6.07) is 20.1. The van der Waals surface area contributed by atoms with Gasteiger partial charge in [0.2, 0.25) is 0 Å². The van der Waals surface area contributed by atoms with Gasteiger partial charge in [0.05, 0.1) is 0 Å². The Morgan fingerprint density at radius 3 is 1.48 bits per heavy atom. The van der Waals surface area contributed by atoms with Gasteiger partial charge >= 0.3 is 0 Å². The molecule has 0 nitrogen and oxygen atoms in total. The van der Waals surface area contributed by atoms with Gasteiger partial charge in [-0.3, -0.25) is 0 Å². The van der Waals surface area contributed by atoms with Crippen LogP contribution in [0.5, 0.6) is 0 Å². The van der Waals surface area contributed by atoms with E-state index in [9.17, 15) is 0 Å². The Morgan fingerprint density at radius 1 is 0.593 bits per heavy atom. The second kappa shape index (κ2) is 8.76. The number of hydrogen-bond donors (Lipinski definition) is 0. The van der Waals surface area contributed by atoms with Crippen molar-refractivity contribution in [3.8, 4) is 0 Å². The van der Waals surface area contributed by atoms with E-state index in [4.69, 9.17) is 11.6 Å². The fourth-order valence-electron chi connectivity index (χ4n) is 3.83. The molecule has 0 spiro atoms. The van der Waals surface area contributed by atoms with Crippen LogP contribution in [0.4, 0.5) is 0 Å². The zero-order chi connectivity index (χ0) is 19.4. The summed E-state index contributed by atoms with van der Waals surface area (Å²) in [6.07, 6.45) is 3.98. The van der Waals surface area contributed by atoms with Crippen molar-refractivity contribution >= 4 is 11.6 Å². The summed E-state index contributed by atoms with van der Waals surface area (Å²) in [5.41, 5.74) is 10.7. The Hall–Kier alpha value is -2.05. The van der Waals surface area contributed by atoms with E-state index in [0.717, 1.165) is 30.7 Å². The summed E-state index contributed by atoms with van der Waals surface area (Å²) < 4.78 is 0. The molecule has 0 aromatic heterocycles. The average Bonchev–Trinajstić information content (AvgIpc) is 2.64. The minimum absolute atomic E-state index is 0.867. The third-order valence-electron chi connectivity index (χ3n) is 5.50. The minimum atomic E-state index is 0.867. The van der Waals surface area contributed by atoms with E-state index in [2.05, 4.69) is 82.3 Å². The van der Waals surface area contributed by atoms with Gasteiger partial charge in [-0.1, -0.05) is 74.0 Å². The fourth-order valence-corrected chi connectivity index (χ4v) is 4.10. The van der Waals surface area contributed by atoms with E-state index >= 15 is 0 Å². The Morgan fingerprint density at radius 2 is 1.04 bits per heavy atom. The molecule has 0 saturated heterocycles. The number of rotatable bonds is 6. The van der Waals surface area contributed by atoms with Crippen molar-refractivity contribution in [1.82, 2.24) is 0 Å². The summed E-state index contributed by atoms with van der Waals surface area (Å²) in [4.78, 5) is 0. The van der Waals surface area contributed by atoms with Gasteiger partial charge in [0.25, 0.3) is 0 Å². The predicted octanol–water partition coefficient (Wildman–Crippen LogP) is 7.26. The number of aryl methyl sites for hydroxylation is 4. The van der Waals surface area contributed by atoms with Gasteiger partial charge in [-0.15, -0.1) is 0 Å². The molecule has 3 rings (SSSR count). The predicted molar refractivity (Wildman–Crippen MR) is 118 cm³/mol. The van der Waals surface area contributed by atoms with Crippen molar-refractivity contribution in [2.75, 3.05) is 0 Å². The molecule has 0 radical (unpaired) electrons. The molecule has 0 aliphatic carbocycles. The maximum atomic E-state index is 6.62. The van der Waals surface area contributed by atoms with Crippen LogP contribution in [0.3, 0.4) is 0 Å². The molecule has 0 N–H and O–H groups in total. The summed E-state index contributed by atoms with van der Waals surface area (Å²) in [6.45, 7) is 8.80. The second-order valence-electron chi connectivity index (χ2n) is 7.51. The van der Waals surface area contributed by atoms with Gasteiger partial charge in [-0.2, -0.15) is 0 Å². The van der Waals surface area contributed by atoms with Crippen LogP contribution in [0.2, 0.25) is 5.02 Å². The smallest absolute Gasteiger partial charge is 0.0444 e. The maximum Gasteiger partial charge on any atom is 0.0444 e. The molecule has 0 heterocycles. The number of benzene rings is 3. The number of halogens is 1. The van der Waals surface area contributed by atoms with Crippen LogP contribution in [-0.4, -0.2) is 0 Å². The van der Waals surface area contributed by atoms with Gasteiger partial charge < -0.3 is 0 Å². The van der Waals surface area contributed by atoms with E-state index in [-0.39, 0.29) is 0 Å². The third-order valence-corrected chi connectivity index (χ3v) is 5.85. The van der Waals surface area contributed by atoms with Gasteiger partial charge in [0.15, 0.2) is 0 Å². The lowest BCUT2D eigenvalue weighted by Gasteiger charge is -2.11. The lowest BCUT2D eigenvalue weighted by molar-refractivity contribution is 1.08. The topological polar surface area (TPSA) is 0 Å². The zero-order valence-electron chi connectivity index (χ0n) is 16.9. The normalized spacial score (nSPS) is 11.0. The summed E-state index contributed by atoms with van der Waals surface area (Å²) in [5.74, 6) is 0. The molecule has 0 saturated carbocycles. The third kappa shape index (κ3) is 4.82. The van der Waals surface area contributed by atoms with Crippen LogP contribution in [0, 0.1) is 13.8 Å². The van der Waals surface area contributed by atoms with Crippen molar-refractivity contribution in [2.24, 2.45) is 0 Å². The van der Waals surface area contributed by atoms with Gasteiger partial charge in [-0.05, 0) is 90.1 Å². The fraction of sp³-hybridized carbons (Fsp3) is 0.308. The lowest BCUT2D eigenvalue weighted by atomic mass is 9.96. The standard InChI is InChI=1S/C26H29Cl/c1-5-23-10-7-20(13-18(23)3)15-22-9-12-25(26(27)17-22)16-21-8-11-24(6-2)19(4)14-21/h7-14,17H,5-6,15-16H2,1-4H3. The SMILES string of the molecule is CCc1ccc(Cc2ccc(Cc3ccc(CC)c(C)c3)c(Cl)c2)cc1C. The first-order valence-corrected chi connectivity index (χ1v) is 10.3. The van der Waals surface area contributed by atoms with Crippen LogP contribution in [0.25, 0.3) is 0 Å². The van der Waals surface area contributed by atoms with E-state index in [0.29, 0.717) is 0 Å². The molecule has 0 aliphatic rings. The Balaban J connectivity index is 1.75. The molecule has 0 fully saturated rings. The molecule has 0 aliphatic heterocycles.